The Balaban J connectivity index is 0.00000264. The van der Waals surface area contributed by atoms with Crippen molar-refractivity contribution >= 4 is 24.3 Å². The topological polar surface area (TPSA) is 60.9 Å². The molecule has 0 bridgehead atoms. The van der Waals surface area contributed by atoms with Gasteiger partial charge in [-0.05, 0) is 37.6 Å². The number of hydrogen-bond donors (Lipinski definition) is 1. The van der Waals surface area contributed by atoms with Crippen molar-refractivity contribution in [3.05, 3.63) is 35.6 Å². The molecule has 1 aliphatic rings. The molecular formula is C16H22ClFN2O3. The van der Waals surface area contributed by atoms with Gasteiger partial charge in [0, 0.05) is 20.1 Å². The number of rotatable bonds is 5. The summed E-state index contributed by atoms with van der Waals surface area (Å²) in [6.45, 7) is 3.12. The fourth-order valence-electron chi connectivity index (χ4n) is 2.80. The molecule has 1 aliphatic heterocycles. The van der Waals surface area contributed by atoms with Gasteiger partial charge in [-0.1, -0.05) is 12.1 Å². The average Bonchev–Trinajstić information content (AvgIpc) is 2.95. The summed E-state index contributed by atoms with van der Waals surface area (Å²) in [7, 11) is 1.68. The molecule has 0 aromatic heterocycles. The Kier molecular flexibility index (Phi) is 6.97. The molecule has 0 saturated carbocycles. The highest BCUT2D eigenvalue weighted by atomic mass is 35.5. The smallest absolute Gasteiger partial charge is 0.307 e. The average molecular weight is 345 g/mol. The summed E-state index contributed by atoms with van der Waals surface area (Å²) in [5.41, 5.74) is 0.730. The van der Waals surface area contributed by atoms with Crippen molar-refractivity contribution in [1.82, 2.24) is 9.80 Å². The first-order valence-corrected chi connectivity index (χ1v) is 7.34. The van der Waals surface area contributed by atoms with Crippen LogP contribution in [0.25, 0.3) is 0 Å². The molecule has 1 aromatic carbocycles. The van der Waals surface area contributed by atoms with Gasteiger partial charge in [0.25, 0.3) is 0 Å². The summed E-state index contributed by atoms with van der Waals surface area (Å²) in [4.78, 5) is 26.9. The first-order chi connectivity index (χ1) is 10.4. The number of aliphatic carboxylic acids is 1. The number of benzene rings is 1. The molecule has 0 spiro atoms. The van der Waals surface area contributed by atoms with Crippen LogP contribution >= 0.6 is 12.4 Å². The van der Waals surface area contributed by atoms with Crippen LogP contribution in [0.2, 0.25) is 0 Å². The first-order valence-electron chi connectivity index (χ1n) is 7.34. The van der Waals surface area contributed by atoms with Gasteiger partial charge < -0.3 is 10.0 Å². The lowest BCUT2D eigenvalue weighted by molar-refractivity contribution is -0.142. The van der Waals surface area contributed by atoms with Crippen molar-refractivity contribution in [3.8, 4) is 0 Å². The van der Waals surface area contributed by atoms with Crippen molar-refractivity contribution in [2.24, 2.45) is 5.92 Å². The van der Waals surface area contributed by atoms with Crippen LogP contribution in [0.1, 0.15) is 18.9 Å². The Bertz CT molecular complexity index is 570. The lowest BCUT2D eigenvalue weighted by atomic mass is 10.1. The van der Waals surface area contributed by atoms with E-state index in [0.29, 0.717) is 26.1 Å². The van der Waals surface area contributed by atoms with Gasteiger partial charge in [-0.3, -0.25) is 14.5 Å². The molecule has 2 rings (SSSR count). The fraction of sp³-hybridized carbons (Fsp3) is 0.500. The van der Waals surface area contributed by atoms with E-state index in [1.807, 2.05) is 4.90 Å². The van der Waals surface area contributed by atoms with Gasteiger partial charge in [0.2, 0.25) is 5.91 Å². The number of halogens is 2. The fourth-order valence-corrected chi connectivity index (χ4v) is 2.80. The zero-order valence-corrected chi connectivity index (χ0v) is 14.1. The third-order valence-electron chi connectivity index (χ3n) is 4.16. The van der Waals surface area contributed by atoms with Crippen LogP contribution in [0.5, 0.6) is 0 Å². The molecule has 1 N–H and O–H groups in total. The van der Waals surface area contributed by atoms with E-state index < -0.39 is 11.9 Å². The third-order valence-corrected chi connectivity index (χ3v) is 4.16. The Morgan fingerprint density at radius 2 is 2.17 bits per heavy atom. The molecule has 0 radical (unpaired) electrons. The van der Waals surface area contributed by atoms with E-state index in [0.717, 1.165) is 5.56 Å². The summed E-state index contributed by atoms with van der Waals surface area (Å²) < 4.78 is 13.2. The minimum Gasteiger partial charge on any atom is -0.481 e. The lowest BCUT2D eigenvalue weighted by Gasteiger charge is -2.28. The Morgan fingerprint density at radius 3 is 2.74 bits per heavy atom. The van der Waals surface area contributed by atoms with E-state index in [2.05, 4.69) is 0 Å². The number of carbonyl (C=O) groups excluding carboxylic acids is 1. The Hall–Kier alpha value is -1.66. The van der Waals surface area contributed by atoms with Crippen LogP contribution in [0.4, 0.5) is 4.39 Å². The zero-order chi connectivity index (χ0) is 16.3. The predicted molar refractivity (Wildman–Crippen MR) is 86.9 cm³/mol. The maximum Gasteiger partial charge on any atom is 0.307 e. The van der Waals surface area contributed by atoms with Crippen LogP contribution in [-0.4, -0.2) is 53.0 Å². The maximum absolute atomic E-state index is 13.2. The molecule has 1 amide bonds. The molecule has 1 fully saturated rings. The Morgan fingerprint density at radius 1 is 1.48 bits per heavy atom. The largest absolute Gasteiger partial charge is 0.481 e. The molecule has 2 atom stereocenters. The van der Waals surface area contributed by atoms with E-state index in [1.165, 1.54) is 12.1 Å². The molecule has 7 heteroatoms. The summed E-state index contributed by atoms with van der Waals surface area (Å²) in [5, 5.41) is 9.02. The van der Waals surface area contributed by atoms with Gasteiger partial charge in [0.15, 0.2) is 0 Å². The van der Waals surface area contributed by atoms with E-state index in [9.17, 15) is 14.0 Å². The van der Waals surface area contributed by atoms with Gasteiger partial charge in [0.1, 0.15) is 5.82 Å². The maximum atomic E-state index is 13.2. The minimum absolute atomic E-state index is 0. The normalized spacial score (nSPS) is 19.0. The SMILES string of the molecule is CC(C(=O)N(C)Cc1cccc(F)c1)N1CCC(C(=O)O)C1.Cl. The molecule has 128 valence electrons. The number of likely N-dealkylation sites (tertiary alicyclic amines) is 1. The van der Waals surface area contributed by atoms with E-state index >= 15 is 0 Å². The predicted octanol–water partition coefficient (Wildman–Crippen LogP) is 2.00. The second-order valence-electron chi connectivity index (χ2n) is 5.82. The van der Waals surface area contributed by atoms with Gasteiger partial charge >= 0.3 is 5.97 Å². The van der Waals surface area contributed by atoms with Crippen molar-refractivity contribution in [1.29, 1.82) is 0 Å². The molecule has 1 heterocycles. The molecule has 5 nitrogen and oxygen atoms in total. The molecule has 1 aromatic rings. The summed E-state index contributed by atoms with van der Waals surface area (Å²) in [6.07, 6.45) is 0.570. The number of likely N-dealkylation sites (N-methyl/N-ethyl adjacent to an activating group) is 1. The van der Waals surface area contributed by atoms with Gasteiger partial charge in [-0.25, -0.2) is 4.39 Å². The number of carbonyl (C=O) groups is 2. The quantitative estimate of drug-likeness (QED) is 0.887. The van der Waals surface area contributed by atoms with Gasteiger partial charge in [-0.2, -0.15) is 0 Å². The molecule has 1 saturated heterocycles. The lowest BCUT2D eigenvalue weighted by Crippen LogP contribution is -2.44. The zero-order valence-electron chi connectivity index (χ0n) is 13.2. The Labute approximate surface area is 141 Å². The van der Waals surface area contributed by atoms with Crippen LogP contribution in [0.3, 0.4) is 0 Å². The highest BCUT2D eigenvalue weighted by Crippen LogP contribution is 2.20. The van der Waals surface area contributed by atoms with Crippen molar-refractivity contribution < 1.29 is 19.1 Å². The van der Waals surface area contributed by atoms with Crippen LogP contribution in [-0.2, 0) is 16.1 Å². The van der Waals surface area contributed by atoms with E-state index in [4.69, 9.17) is 5.11 Å². The minimum atomic E-state index is -0.810. The summed E-state index contributed by atoms with van der Waals surface area (Å²) in [6, 6.07) is 5.79. The molecule has 2 unspecified atom stereocenters. The van der Waals surface area contributed by atoms with Crippen molar-refractivity contribution in [2.75, 3.05) is 20.1 Å². The first kappa shape index (κ1) is 19.4. The number of hydrogen-bond acceptors (Lipinski definition) is 3. The van der Waals surface area contributed by atoms with Crippen LogP contribution < -0.4 is 0 Å². The third kappa shape index (κ3) is 4.91. The number of carboxylic acid groups (broad SMARTS) is 1. The highest BCUT2D eigenvalue weighted by Gasteiger charge is 2.34. The molecule has 0 aliphatic carbocycles. The number of amides is 1. The van der Waals surface area contributed by atoms with Gasteiger partial charge in [-0.15, -0.1) is 12.4 Å². The van der Waals surface area contributed by atoms with Crippen molar-refractivity contribution in [2.45, 2.75) is 25.9 Å². The summed E-state index contributed by atoms with van der Waals surface area (Å²) >= 11 is 0. The van der Waals surface area contributed by atoms with E-state index in [1.54, 1.807) is 31.0 Å². The van der Waals surface area contributed by atoms with Crippen LogP contribution in [0.15, 0.2) is 24.3 Å². The second-order valence-corrected chi connectivity index (χ2v) is 5.82. The molecular weight excluding hydrogens is 323 g/mol. The van der Waals surface area contributed by atoms with Crippen molar-refractivity contribution in [3.63, 3.8) is 0 Å². The molecule has 23 heavy (non-hydrogen) atoms. The second kappa shape index (κ2) is 8.26. The van der Waals surface area contributed by atoms with E-state index in [-0.39, 0.29) is 30.2 Å². The van der Waals surface area contributed by atoms with Crippen LogP contribution in [0, 0.1) is 11.7 Å². The summed E-state index contributed by atoms with van der Waals surface area (Å²) in [5.74, 6) is -1.62. The number of carboxylic acids is 1. The highest BCUT2D eigenvalue weighted by molar-refractivity contribution is 5.85. The number of nitrogens with zero attached hydrogens (tertiary/aromatic N) is 2. The monoisotopic (exact) mass is 344 g/mol. The standard InChI is InChI=1S/C16H21FN2O3.ClH/c1-11(19-7-6-13(10-19)16(21)22)15(20)18(2)9-12-4-3-5-14(17)8-12;/h3-5,8,11,13H,6-7,9-10H2,1-2H3,(H,21,22);1H. The van der Waals surface area contributed by atoms with Gasteiger partial charge in [0.05, 0.1) is 12.0 Å².